The standard InChI is InChI=1S/C9H10FN3OS.C2H6/c1-3-7-11-4-6(15-7)9-13-12-8(14-9)5(2)10;1-2/h4-5H,3H2,1-2H3;1-2H3. The number of nitrogens with zero attached hydrogens (tertiary/aromatic N) is 3. The first-order chi connectivity index (χ1) is 8.20. The van der Waals surface area contributed by atoms with Gasteiger partial charge in [-0.3, -0.25) is 0 Å². The van der Waals surface area contributed by atoms with Crippen LogP contribution < -0.4 is 0 Å². The predicted molar refractivity (Wildman–Crippen MR) is 65.7 cm³/mol. The van der Waals surface area contributed by atoms with Crippen LogP contribution in [0.1, 0.15) is 44.8 Å². The molecule has 1 atom stereocenters. The maximum Gasteiger partial charge on any atom is 0.259 e. The smallest absolute Gasteiger partial charge is 0.259 e. The van der Waals surface area contributed by atoms with Crippen LogP contribution >= 0.6 is 11.3 Å². The third-order valence-electron chi connectivity index (χ3n) is 1.85. The van der Waals surface area contributed by atoms with Gasteiger partial charge >= 0.3 is 0 Å². The van der Waals surface area contributed by atoms with Crippen LogP contribution in [0.15, 0.2) is 10.6 Å². The molecule has 17 heavy (non-hydrogen) atoms. The third-order valence-corrected chi connectivity index (χ3v) is 2.98. The van der Waals surface area contributed by atoms with E-state index < -0.39 is 6.17 Å². The van der Waals surface area contributed by atoms with Gasteiger partial charge < -0.3 is 4.42 Å². The summed E-state index contributed by atoms with van der Waals surface area (Å²) in [6.07, 6.45) is 1.30. The average molecular weight is 257 g/mol. The van der Waals surface area contributed by atoms with E-state index >= 15 is 0 Å². The van der Waals surface area contributed by atoms with Crippen LogP contribution in [0.5, 0.6) is 0 Å². The van der Waals surface area contributed by atoms with Crippen molar-refractivity contribution in [3.8, 4) is 10.8 Å². The van der Waals surface area contributed by atoms with Crippen LogP contribution in [-0.2, 0) is 6.42 Å². The van der Waals surface area contributed by atoms with Gasteiger partial charge in [0, 0.05) is 0 Å². The van der Waals surface area contributed by atoms with Gasteiger partial charge in [0.2, 0.25) is 0 Å². The second kappa shape index (κ2) is 6.44. The predicted octanol–water partition coefficient (Wildman–Crippen LogP) is 3.81. The highest BCUT2D eigenvalue weighted by molar-refractivity contribution is 7.15. The number of rotatable bonds is 3. The average Bonchev–Trinajstić information content (AvgIpc) is 3.00. The number of hydrogen-bond donors (Lipinski definition) is 0. The van der Waals surface area contributed by atoms with Crippen LogP contribution in [-0.4, -0.2) is 15.2 Å². The maximum atomic E-state index is 12.8. The molecule has 1 unspecified atom stereocenters. The summed E-state index contributed by atoms with van der Waals surface area (Å²) in [5, 5.41) is 8.38. The number of aromatic nitrogens is 3. The van der Waals surface area contributed by atoms with Gasteiger partial charge in [0.25, 0.3) is 11.8 Å². The summed E-state index contributed by atoms with van der Waals surface area (Å²) in [6.45, 7) is 7.38. The van der Waals surface area contributed by atoms with Gasteiger partial charge in [0.1, 0.15) is 4.88 Å². The van der Waals surface area contributed by atoms with Gasteiger partial charge in [-0.2, -0.15) is 0 Å². The Kier molecular flexibility index (Phi) is 5.21. The molecule has 0 radical (unpaired) electrons. The van der Waals surface area contributed by atoms with Crippen molar-refractivity contribution in [3.05, 3.63) is 17.1 Å². The maximum absolute atomic E-state index is 12.8. The fourth-order valence-corrected chi connectivity index (χ4v) is 1.85. The number of hydrogen-bond acceptors (Lipinski definition) is 5. The Bertz CT molecular complexity index is 453. The largest absolute Gasteiger partial charge is 0.417 e. The molecule has 0 saturated carbocycles. The van der Waals surface area contributed by atoms with Crippen LogP contribution in [0.25, 0.3) is 10.8 Å². The molecule has 0 amide bonds. The van der Waals surface area contributed by atoms with E-state index in [1.54, 1.807) is 6.20 Å². The SMILES string of the molecule is CC.CCc1ncc(-c2nnc(C(C)F)o2)s1. The summed E-state index contributed by atoms with van der Waals surface area (Å²) in [6, 6.07) is 0. The molecule has 6 heteroatoms. The molecule has 0 N–H and O–H groups in total. The molecule has 2 aromatic rings. The topological polar surface area (TPSA) is 51.8 Å². The van der Waals surface area contributed by atoms with Gasteiger partial charge in [0.05, 0.1) is 11.2 Å². The lowest BCUT2D eigenvalue weighted by atomic mass is 10.4. The molecule has 4 nitrogen and oxygen atoms in total. The van der Waals surface area contributed by atoms with Gasteiger partial charge in [-0.1, -0.05) is 20.8 Å². The van der Waals surface area contributed by atoms with E-state index in [1.165, 1.54) is 18.3 Å². The number of thiazole rings is 1. The Morgan fingerprint density at radius 3 is 2.59 bits per heavy atom. The van der Waals surface area contributed by atoms with Gasteiger partial charge in [-0.15, -0.1) is 21.5 Å². The molecular formula is C11H16FN3OS. The summed E-state index contributed by atoms with van der Waals surface area (Å²) in [4.78, 5) is 4.95. The Labute approximate surface area is 104 Å². The van der Waals surface area contributed by atoms with Crippen molar-refractivity contribution in [2.24, 2.45) is 0 Å². The normalized spacial score (nSPS) is 11.8. The van der Waals surface area contributed by atoms with E-state index in [9.17, 15) is 4.39 Å². The van der Waals surface area contributed by atoms with Crippen LogP contribution in [0, 0.1) is 0 Å². The lowest BCUT2D eigenvalue weighted by Crippen LogP contribution is -1.83. The van der Waals surface area contributed by atoms with Crippen molar-refractivity contribution >= 4 is 11.3 Å². The minimum Gasteiger partial charge on any atom is -0.417 e. The minimum atomic E-state index is -1.23. The van der Waals surface area contributed by atoms with Crippen molar-refractivity contribution in [2.45, 2.75) is 40.3 Å². The second-order valence-electron chi connectivity index (χ2n) is 3.03. The van der Waals surface area contributed by atoms with E-state index in [-0.39, 0.29) is 5.89 Å². The van der Waals surface area contributed by atoms with Crippen molar-refractivity contribution < 1.29 is 8.81 Å². The molecular weight excluding hydrogens is 241 g/mol. The molecule has 0 aromatic carbocycles. The van der Waals surface area contributed by atoms with Crippen LogP contribution in [0.2, 0.25) is 0 Å². The van der Waals surface area contributed by atoms with Crippen molar-refractivity contribution in [1.29, 1.82) is 0 Å². The zero-order valence-corrected chi connectivity index (χ0v) is 11.2. The molecule has 2 heterocycles. The summed E-state index contributed by atoms with van der Waals surface area (Å²) in [5.74, 6) is 0.350. The summed E-state index contributed by atoms with van der Waals surface area (Å²) < 4.78 is 18.0. The Hall–Kier alpha value is -1.30. The van der Waals surface area contributed by atoms with Crippen molar-refractivity contribution in [3.63, 3.8) is 0 Å². The van der Waals surface area contributed by atoms with E-state index in [0.29, 0.717) is 5.89 Å². The second-order valence-corrected chi connectivity index (χ2v) is 4.15. The first-order valence-electron chi connectivity index (χ1n) is 5.63. The van der Waals surface area contributed by atoms with Crippen LogP contribution in [0.4, 0.5) is 4.39 Å². The van der Waals surface area contributed by atoms with Crippen molar-refractivity contribution in [1.82, 2.24) is 15.2 Å². The quantitative estimate of drug-likeness (QED) is 0.839. The number of alkyl halides is 1. The third kappa shape index (κ3) is 3.33. The Morgan fingerprint density at radius 1 is 1.41 bits per heavy atom. The van der Waals surface area contributed by atoms with Crippen LogP contribution in [0.3, 0.4) is 0 Å². The highest BCUT2D eigenvalue weighted by Crippen LogP contribution is 2.26. The first-order valence-corrected chi connectivity index (χ1v) is 6.45. The minimum absolute atomic E-state index is 0.0106. The first kappa shape index (κ1) is 13.8. The van der Waals surface area contributed by atoms with Crippen molar-refractivity contribution in [2.75, 3.05) is 0 Å². The highest BCUT2D eigenvalue weighted by atomic mass is 32.1. The summed E-state index contributed by atoms with van der Waals surface area (Å²) in [5.41, 5.74) is 0. The fraction of sp³-hybridized carbons (Fsp3) is 0.545. The monoisotopic (exact) mass is 257 g/mol. The van der Waals surface area contributed by atoms with E-state index in [4.69, 9.17) is 4.42 Å². The molecule has 2 aromatic heterocycles. The molecule has 0 aliphatic heterocycles. The van der Waals surface area contributed by atoms with Gasteiger partial charge in [-0.05, 0) is 13.3 Å². The molecule has 2 rings (SSSR count). The molecule has 0 spiro atoms. The molecule has 94 valence electrons. The lowest BCUT2D eigenvalue weighted by Gasteiger charge is -1.90. The Balaban J connectivity index is 0.000000686. The zero-order chi connectivity index (χ0) is 12.8. The van der Waals surface area contributed by atoms with Gasteiger partial charge in [0.15, 0.2) is 6.17 Å². The molecule has 0 fully saturated rings. The van der Waals surface area contributed by atoms with E-state index in [2.05, 4.69) is 15.2 Å². The molecule has 0 saturated heterocycles. The van der Waals surface area contributed by atoms with E-state index in [1.807, 2.05) is 20.8 Å². The number of halogens is 1. The summed E-state index contributed by atoms with van der Waals surface area (Å²) >= 11 is 1.48. The summed E-state index contributed by atoms with van der Waals surface area (Å²) in [7, 11) is 0. The molecule has 0 aliphatic carbocycles. The highest BCUT2D eigenvalue weighted by Gasteiger charge is 2.15. The van der Waals surface area contributed by atoms with E-state index in [0.717, 1.165) is 16.3 Å². The van der Waals surface area contributed by atoms with Gasteiger partial charge in [-0.25, -0.2) is 9.37 Å². The number of aryl methyl sites for hydroxylation is 1. The fourth-order valence-electron chi connectivity index (χ4n) is 1.07. The molecule has 0 aliphatic rings. The zero-order valence-electron chi connectivity index (χ0n) is 10.4. The molecule has 0 bridgehead atoms. The lowest BCUT2D eigenvalue weighted by molar-refractivity contribution is 0.301. The Morgan fingerprint density at radius 2 is 2.12 bits per heavy atom.